The Labute approximate surface area is 248 Å². The van der Waals surface area contributed by atoms with E-state index >= 15 is 0 Å². The molecule has 1 aliphatic carbocycles. The highest BCUT2D eigenvalue weighted by atomic mass is 32.2. The zero-order chi connectivity index (χ0) is 28.5. The summed E-state index contributed by atoms with van der Waals surface area (Å²) in [6, 6.07) is 9.29. The van der Waals surface area contributed by atoms with Crippen LogP contribution in [0.2, 0.25) is 0 Å². The first kappa shape index (κ1) is 31.0. The second kappa shape index (κ2) is 14.8. The zero-order valence-corrected chi connectivity index (χ0v) is 25.9. The Morgan fingerprint density at radius 2 is 1.77 bits per heavy atom. The Kier molecular flexibility index (Phi) is 11.5. The van der Waals surface area contributed by atoms with E-state index in [1.54, 1.807) is 11.8 Å². The van der Waals surface area contributed by atoms with Crippen molar-refractivity contribution in [1.82, 2.24) is 20.4 Å². The summed E-state index contributed by atoms with van der Waals surface area (Å²) < 4.78 is 5.53. The van der Waals surface area contributed by atoms with Crippen molar-refractivity contribution in [2.24, 2.45) is 5.92 Å². The molecule has 2 saturated heterocycles. The second-order valence-corrected chi connectivity index (χ2v) is 14.3. The summed E-state index contributed by atoms with van der Waals surface area (Å²) in [4.78, 5) is 43.6. The molecule has 40 heavy (non-hydrogen) atoms. The lowest BCUT2D eigenvalue weighted by atomic mass is 10.0. The molecule has 3 amide bonds. The average Bonchev–Trinajstić information content (AvgIpc) is 3.61. The van der Waals surface area contributed by atoms with Crippen LogP contribution in [0.15, 0.2) is 30.3 Å². The smallest absolute Gasteiger partial charge is 0.411 e. The molecule has 1 aromatic carbocycles. The summed E-state index contributed by atoms with van der Waals surface area (Å²) >= 11 is 3.28. The Hall–Kier alpha value is -1.91. The fraction of sp³-hybridized carbons (Fsp3) is 0.700. The van der Waals surface area contributed by atoms with Gasteiger partial charge in [-0.3, -0.25) is 19.4 Å². The quantitative estimate of drug-likeness (QED) is 0.415. The third-order valence-electron chi connectivity index (χ3n) is 7.74. The minimum Gasteiger partial charge on any atom is -0.444 e. The van der Waals surface area contributed by atoms with Crippen molar-refractivity contribution < 1.29 is 19.1 Å². The van der Waals surface area contributed by atoms with Crippen LogP contribution in [0.1, 0.15) is 64.9 Å². The van der Waals surface area contributed by atoms with Gasteiger partial charge < -0.3 is 15.4 Å². The number of hydrogen-bond donors (Lipinski definition) is 2. The Balaban J connectivity index is 1.32. The molecule has 3 aliphatic rings. The molecular weight excluding hydrogens is 544 g/mol. The lowest BCUT2D eigenvalue weighted by Crippen LogP contribution is -2.57. The fourth-order valence-electron chi connectivity index (χ4n) is 5.52. The molecule has 2 atom stereocenters. The minimum atomic E-state index is -0.642. The normalized spacial score (nSPS) is 21.8. The highest BCUT2D eigenvalue weighted by Gasteiger charge is 2.39. The third-order valence-corrected chi connectivity index (χ3v) is 10.0. The van der Waals surface area contributed by atoms with Crippen LogP contribution in [0.3, 0.4) is 0 Å². The van der Waals surface area contributed by atoms with Crippen LogP contribution in [0.25, 0.3) is 0 Å². The van der Waals surface area contributed by atoms with Crippen molar-refractivity contribution in [3.8, 4) is 0 Å². The van der Waals surface area contributed by atoms with Crippen LogP contribution in [0.5, 0.6) is 0 Å². The van der Waals surface area contributed by atoms with Gasteiger partial charge in [0.05, 0.1) is 5.88 Å². The molecule has 0 aromatic heterocycles. The maximum absolute atomic E-state index is 13.5. The molecule has 10 heteroatoms. The van der Waals surface area contributed by atoms with E-state index in [2.05, 4.69) is 39.8 Å². The summed E-state index contributed by atoms with van der Waals surface area (Å²) in [6.45, 7) is 8.23. The van der Waals surface area contributed by atoms with Gasteiger partial charge in [-0.2, -0.15) is 11.8 Å². The SMILES string of the molecule is CC(C)(C)OC(=O)N1CSC[C@H]1C(=O)N[C@@H](CSCC1CCCC1)C(=O)NC1CCN(Cc2ccccc2)CC1. The molecule has 4 rings (SSSR count). The topological polar surface area (TPSA) is 91.0 Å². The maximum atomic E-state index is 13.5. The van der Waals surface area contributed by atoms with Gasteiger partial charge >= 0.3 is 6.09 Å². The molecule has 2 heterocycles. The van der Waals surface area contributed by atoms with Gasteiger partial charge in [-0.25, -0.2) is 4.79 Å². The number of nitrogens with one attached hydrogen (secondary N) is 2. The van der Waals surface area contributed by atoms with Crippen molar-refractivity contribution in [2.75, 3.05) is 36.2 Å². The van der Waals surface area contributed by atoms with Crippen molar-refractivity contribution in [2.45, 2.75) is 89.6 Å². The number of piperidine rings is 1. The van der Waals surface area contributed by atoms with Crippen LogP contribution >= 0.6 is 23.5 Å². The van der Waals surface area contributed by atoms with Crippen LogP contribution in [-0.2, 0) is 20.9 Å². The van der Waals surface area contributed by atoms with E-state index in [0.29, 0.717) is 23.3 Å². The van der Waals surface area contributed by atoms with E-state index < -0.39 is 23.8 Å². The summed E-state index contributed by atoms with van der Waals surface area (Å²) in [5, 5.41) is 6.26. The Morgan fingerprint density at radius 3 is 2.45 bits per heavy atom. The first-order valence-electron chi connectivity index (χ1n) is 14.7. The zero-order valence-electron chi connectivity index (χ0n) is 24.2. The van der Waals surface area contributed by atoms with E-state index in [1.807, 2.05) is 26.8 Å². The second-order valence-electron chi connectivity index (χ2n) is 12.3. The van der Waals surface area contributed by atoms with Crippen molar-refractivity contribution in [3.05, 3.63) is 35.9 Å². The summed E-state index contributed by atoms with van der Waals surface area (Å²) in [7, 11) is 0. The maximum Gasteiger partial charge on any atom is 0.411 e. The average molecular weight is 591 g/mol. The van der Waals surface area contributed by atoms with Gasteiger partial charge in [0.25, 0.3) is 0 Å². The molecule has 2 N–H and O–H groups in total. The summed E-state index contributed by atoms with van der Waals surface area (Å²) in [6.07, 6.45) is 6.37. The molecule has 3 fully saturated rings. The first-order chi connectivity index (χ1) is 19.2. The van der Waals surface area contributed by atoms with Gasteiger partial charge in [0.2, 0.25) is 11.8 Å². The van der Waals surface area contributed by atoms with Crippen LogP contribution in [0.4, 0.5) is 4.79 Å². The van der Waals surface area contributed by atoms with Gasteiger partial charge in [-0.15, -0.1) is 11.8 Å². The molecule has 0 unspecified atom stereocenters. The van der Waals surface area contributed by atoms with Gasteiger partial charge in [-0.1, -0.05) is 43.2 Å². The Morgan fingerprint density at radius 1 is 1.07 bits per heavy atom. The van der Waals surface area contributed by atoms with Crippen molar-refractivity contribution in [1.29, 1.82) is 0 Å². The molecular formula is C30H46N4O4S2. The number of amides is 3. The van der Waals surface area contributed by atoms with Crippen LogP contribution in [-0.4, -0.2) is 87.7 Å². The lowest BCUT2D eigenvalue weighted by molar-refractivity contribution is -0.131. The predicted octanol–water partition coefficient (Wildman–Crippen LogP) is 4.49. The number of nitrogens with zero attached hydrogens (tertiary/aromatic N) is 2. The fourth-order valence-corrected chi connectivity index (χ4v) is 7.93. The molecule has 0 spiro atoms. The predicted molar refractivity (Wildman–Crippen MR) is 163 cm³/mol. The van der Waals surface area contributed by atoms with Crippen molar-refractivity contribution >= 4 is 41.4 Å². The van der Waals surface area contributed by atoms with Gasteiger partial charge in [0.1, 0.15) is 17.7 Å². The lowest BCUT2D eigenvalue weighted by Gasteiger charge is -2.33. The number of rotatable bonds is 10. The largest absolute Gasteiger partial charge is 0.444 e. The molecule has 1 aromatic rings. The molecule has 0 radical (unpaired) electrons. The number of carbonyl (C=O) groups is 3. The minimum absolute atomic E-state index is 0.0963. The third kappa shape index (κ3) is 9.58. The van der Waals surface area contributed by atoms with Crippen LogP contribution in [0, 0.1) is 5.92 Å². The van der Waals surface area contributed by atoms with E-state index in [0.717, 1.165) is 38.2 Å². The molecule has 0 bridgehead atoms. The molecule has 8 nitrogen and oxygen atoms in total. The van der Waals surface area contributed by atoms with E-state index in [1.165, 1.54) is 47.9 Å². The summed E-state index contributed by atoms with van der Waals surface area (Å²) in [5.41, 5.74) is 0.666. The molecule has 1 saturated carbocycles. The Bertz CT molecular complexity index is 976. The van der Waals surface area contributed by atoms with Gasteiger partial charge in [0.15, 0.2) is 0 Å². The standard InChI is InChI=1S/C30H46N4O4S2/c1-30(2,3)38-29(37)34-21-40-20-26(34)28(36)32-25(19-39-18-23-11-7-8-12-23)27(35)31-24-13-15-33(16-14-24)17-22-9-5-4-6-10-22/h4-6,9-10,23-26H,7-8,11-21H2,1-3H3,(H,31,35)(H,32,36)/t25-,26-/m0/s1. The van der Waals surface area contributed by atoms with E-state index in [9.17, 15) is 14.4 Å². The van der Waals surface area contributed by atoms with Gasteiger partial charge in [0, 0.05) is 37.2 Å². The number of thioether (sulfide) groups is 2. The van der Waals surface area contributed by atoms with Crippen LogP contribution < -0.4 is 10.6 Å². The van der Waals surface area contributed by atoms with E-state index in [4.69, 9.17) is 4.74 Å². The van der Waals surface area contributed by atoms with E-state index in [-0.39, 0.29) is 17.9 Å². The first-order valence-corrected chi connectivity index (χ1v) is 17.0. The number of ether oxygens (including phenoxy) is 1. The molecule has 2 aliphatic heterocycles. The number of benzene rings is 1. The van der Waals surface area contributed by atoms with Gasteiger partial charge in [-0.05, 0) is 63.7 Å². The monoisotopic (exact) mass is 590 g/mol. The highest BCUT2D eigenvalue weighted by molar-refractivity contribution is 7.99. The number of likely N-dealkylation sites (tertiary alicyclic amines) is 1. The number of carbonyl (C=O) groups excluding carboxylic acids is 3. The molecule has 222 valence electrons. The highest BCUT2D eigenvalue weighted by Crippen LogP contribution is 2.28. The number of hydrogen-bond acceptors (Lipinski definition) is 7. The van der Waals surface area contributed by atoms with Crippen molar-refractivity contribution in [3.63, 3.8) is 0 Å². The summed E-state index contributed by atoms with van der Waals surface area (Å²) in [5.74, 6) is 2.75.